The second-order valence-corrected chi connectivity index (χ2v) is 10.6. The lowest BCUT2D eigenvalue weighted by Crippen LogP contribution is -2.24. The largest absolute Gasteiger partial charge is 0.436 e. The number of nitrogens with zero attached hydrogens (tertiary/aromatic N) is 4. The van der Waals surface area contributed by atoms with Crippen LogP contribution in [0, 0.1) is 5.92 Å². The van der Waals surface area contributed by atoms with Gasteiger partial charge in [0.1, 0.15) is 23.0 Å². The number of nitrogen functional groups attached to an aromatic ring is 1. The standard InChI is InChI=1S/C19H26ClN8O4PS/c1-11-8-14(9-30-33(22-2)32-13-6-4-12(20)5-7-13)31-18(11)28-10-23-15-16(26-27-34(3)29)24-19(21)25-17(15)28/h4-7,10-11,14,18,22,27H,8-9H2,1-3H3,(H3,21,24,25,26)/t11?,14?,18-,33?,34?/m1/s1. The Hall–Kier alpha value is -2.12. The van der Waals surface area contributed by atoms with Crippen LogP contribution >= 0.6 is 20.1 Å². The van der Waals surface area contributed by atoms with Crippen molar-refractivity contribution in [2.45, 2.75) is 25.7 Å². The zero-order chi connectivity index (χ0) is 24.2. The van der Waals surface area contributed by atoms with Gasteiger partial charge in [0, 0.05) is 17.2 Å². The summed E-state index contributed by atoms with van der Waals surface area (Å²) in [5, 5.41) is 3.69. The number of hydrazine groups is 1. The first-order chi connectivity index (χ1) is 16.3. The Labute approximate surface area is 205 Å². The monoisotopic (exact) mass is 528 g/mol. The Morgan fingerprint density at radius 1 is 1.35 bits per heavy atom. The number of aromatic nitrogens is 4. The van der Waals surface area contributed by atoms with Crippen LogP contribution in [-0.4, -0.2) is 49.7 Å². The van der Waals surface area contributed by atoms with E-state index in [-0.39, 0.29) is 24.2 Å². The molecule has 1 saturated heterocycles. The van der Waals surface area contributed by atoms with E-state index in [4.69, 9.17) is 31.1 Å². The summed E-state index contributed by atoms with van der Waals surface area (Å²) in [5.74, 6) is 1.22. The Morgan fingerprint density at radius 3 is 2.82 bits per heavy atom. The van der Waals surface area contributed by atoms with Crippen molar-refractivity contribution in [3.63, 3.8) is 0 Å². The van der Waals surface area contributed by atoms with Gasteiger partial charge in [-0.05, 0) is 37.7 Å². The number of ether oxygens (including phenoxy) is 1. The van der Waals surface area contributed by atoms with Crippen molar-refractivity contribution in [2.24, 2.45) is 5.92 Å². The predicted molar refractivity (Wildman–Crippen MR) is 132 cm³/mol. The highest BCUT2D eigenvalue weighted by molar-refractivity contribution is 7.82. The molecule has 12 nitrogen and oxygen atoms in total. The highest BCUT2D eigenvalue weighted by atomic mass is 35.5. The van der Waals surface area contributed by atoms with Crippen molar-refractivity contribution < 1.29 is 18.0 Å². The fraction of sp³-hybridized carbons (Fsp3) is 0.421. The van der Waals surface area contributed by atoms with E-state index in [2.05, 4.69) is 37.2 Å². The number of halogens is 1. The number of rotatable bonds is 10. The summed E-state index contributed by atoms with van der Waals surface area (Å²) in [4.78, 5) is 15.5. The van der Waals surface area contributed by atoms with E-state index in [9.17, 15) is 4.21 Å². The molecule has 0 radical (unpaired) electrons. The normalized spacial score (nSPS) is 22.1. The van der Waals surface area contributed by atoms with E-state index in [1.54, 1.807) is 37.6 Å². The average Bonchev–Trinajstić information content (AvgIpc) is 3.38. The van der Waals surface area contributed by atoms with Crippen LogP contribution < -0.4 is 25.6 Å². The summed E-state index contributed by atoms with van der Waals surface area (Å²) in [6, 6.07) is 7.10. The number of nitrogens with two attached hydrogens (primary N) is 1. The molecule has 2 aromatic heterocycles. The molecule has 184 valence electrons. The summed E-state index contributed by atoms with van der Waals surface area (Å²) in [5.41, 5.74) is 9.66. The van der Waals surface area contributed by atoms with Gasteiger partial charge in [0.25, 0.3) is 0 Å². The van der Waals surface area contributed by atoms with Gasteiger partial charge in [-0.15, -0.1) is 0 Å². The number of hydrogen-bond acceptors (Lipinski definition) is 10. The van der Waals surface area contributed by atoms with Gasteiger partial charge >= 0.3 is 8.53 Å². The highest BCUT2D eigenvalue weighted by Gasteiger charge is 2.35. The van der Waals surface area contributed by atoms with Crippen LogP contribution in [0.4, 0.5) is 11.8 Å². The number of benzene rings is 1. The van der Waals surface area contributed by atoms with E-state index < -0.39 is 19.5 Å². The molecule has 34 heavy (non-hydrogen) atoms. The summed E-state index contributed by atoms with van der Waals surface area (Å²) in [7, 11) is -0.872. The number of hydrogen-bond donors (Lipinski definition) is 4. The molecule has 5 atom stereocenters. The van der Waals surface area contributed by atoms with Crippen LogP contribution in [-0.2, 0) is 20.2 Å². The first kappa shape index (κ1) is 25.0. The van der Waals surface area contributed by atoms with Crippen LogP contribution in [0.1, 0.15) is 19.6 Å². The van der Waals surface area contributed by atoms with Crippen LogP contribution in [0.5, 0.6) is 5.75 Å². The molecule has 1 aliphatic heterocycles. The van der Waals surface area contributed by atoms with E-state index in [1.807, 2.05) is 4.57 Å². The van der Waals surface area contributed by atoms with Gasteiger partial charge in [0.2, 0.25) is 5.95 Å². The Balaban J connectivity index is 1.42. The molecule has 1 aliphatic rings. The Morgan fingerprint density at radius 2 is 2.12 bits per heavy atom. The lowest BCUT2D eigenvalue weighted by Gasteiger charge is -2.20. The lowest BCUT2D eigenvalue weighted by molar-refractivity contribution is -0.0249. The molecule has 4 unspecified atom stereocenters. The topological polar surface area (TPSA) is 150 Å². The van der Waals surface area contributed by atoms with Crippen LogP contribution in [0.25, 0.3) is 11.2 Å². The fourth-order valence-electron chi connectivity index (χ4n) is 3.57. The number of nitrogens with one attached hydrogen (secondary N) is 3. The number of imidazole rings is 1. The molecule has 1 fully saturated rings. The summed E-state index contributed by atoms with van der Waals surface area (Å²) < 4.78 is 31.3. The summed E-state index contributed by atoms with van der Waals surface area (Å²) >= 11 is 5.93. The third kappa shape index (κ3) is 5.92. The first-order valence-corrected chi connectivity index (χ1v) is 13.5. The smallest absolute Gasteiger partial charge is 0.317 e. The quantitative estimate of drug-likeness (QED) is 0.228. The molecule has 0 saturated carbocycles. The van der Waals surface area contributed by atoms with Crippen molar-refractivity contribution in [3.05, 3.63) is 35.6 Å². The molecule has 3 heterocycles. The zero-order valence-corrected chi connectivity index (χ0v) is 21.2. The summed E-state index contributed by atoms with van der Waals surface area (Å²) in [6.07, 6.45) is 3.45. The van der Waals surface area contributed by atoms with Gasteiger partial charge < -0.3 is 19.5 Å². The minimum absolute atomic E-state index is 0.0602. The second kappa shape index (κ2) is 11.1. The van der Waals surface area contributed by atoms with Crippen molar-refractivity contribution in [1.82, 2.24) is 29.4 Å². The zero-order valence-electron chi connectivity index (χ0n) is 18.8. The van der Waals surface area contributed by atoms with Crippen molar-refractivity contribution in [1.29, 1.82) is 0 Å². The molecule has 0 aliphatic carbocycles. The van der Waals surface area contributed by atoms with Gasteiger partial charge in [-0.3, -0.25) is 9.99 Å². The maximum atomic E-state index is 11.4. The Kier molecular flexibility index (Phi) is 8.14. The van der Waals surface area contributed by atoms with Gasteiger partial charge in [-0.1, -0.05) is 18.5 Å². The molecule has 4 rings (SSSR count). The minimum Gasteiger partial charge on any atom is -0.436 e. The Bertz CT molecular complexity index is 1150. The number of anilines is 2. The second-order valence-electron chi connectivity index (χ2n) is 7.62. The molecular weight excluding hydrogens is 503 g/mol. The molecular formula is C19H26ClN8O4PS. The minimum atomic E-state index is -1.35. The van der Waals surface area contributed by atoms with Crippen molar-refractivity contribution in [2.75, 3.05) is 31.1 Å². The molecule has 0 spiro atoms. The molecule has 5 N–H and O–H groups in total. The van der Waals surface area contributed by atoms with Gasteiger partial charge in [0.05, 0.1) is 19.0 Å². The third-order valence-corrected chi connectivity index (χ3v) is 6.81. The van der Waals surface area contributed by atoms with Crippen LogP contribution in [0.15, 0.2) is 30.6 Å². The SMILES string of the molecule is CNP(OCC1CC(C)[C@H](n2cnc3c(NNS(C)=O)nc(N)nc32)O1)Oc1ccc(Cl)cc1. The fourth-order valence-corrected chi connectivity index (χ4v) is 4.82. The van der Waals surface area contributed by atoms with Crippen LogP contribution in [0.2, 0.25) is 5.02 Å². The molecule has 15 heteroatoms. The average molecular weight is 529 g/mol. The van der Waals surface area contributed by atoms with Crippen LogP contribution in [0.3, 0.4) is 0 Å². The van der Waals surface area contributed by atoms with E-state index in [0.717, 1.165) is 6.42 Å². The first-order valence-electron chi connectivity index (χ1n) is 10.4. The number of fused-ring (bicyclic) bond motifs is 1. The molecule has 0 bridgehead atoms. The van der Waals surface area contributed by atoms with E-state index >= 15 is 0 Å². The van der Waals surface area contributed by atoms with E-state index in [0.29, 0.717) is 34.4 Å². The predicted octanol–water partition coefficient (Wildman–Crippen LogP) is 2.74. The third-order valence-electron chi connectivity index (χ3n) is 5.04. The highest BCUT2D eigenvalue weighted by Crippen LogP contribution is 2.40. The maximum Gasteiger partial charge on any atom is 0.317 e. The molecule has 1 aromatic carbocycles. The van der Waals surface area contributed by atoms with Gasteiger partial charge in [-0.25, -0.2) is 14.3 Å². The molecule has 0 amide bonds. The maximum absolute atomic E-state index is 11.4. The van der Waals surface area contributed by atoms with Gasteiger partial charge in [0.15, 0.2) is 17.0 Å². The van der Waals surface area contributed by atoms with E-state index in [1.165, 1.54) is 6.26 Å². The molecule has 3 aromatic rings. The summed E-state index contributed by atoms with van der Waals surface area (Å²) in [6.45, 7) is 2.44. The van der Waals surface area contributed by atoms with Crippen molar-refractivity contribution >= 4 is 54.0 Å². The lowest BCUT2D eigenvalue weighted by atomic mass is 10.1. The van der Waals surface area contributed by atoms with Gasteiger partial charge in [-0.2, -0.15) is 14.8 Å². The van der Waals surface area contributed by atoms with Crippen molar-refractivity contribution in [3.8, 4) is 5.75 Å².